The van der Waals surface area contributed by atoms with E-state index in [1.165, 1.54) is 31.0 Å². The second-order valence-electron chi connectivity index (χ2n) is 5.81. The number of nitrogens with zero attached hydrogens (tertiary/aromatic N) is 4. The summed E-state index contributed by atoms with van der Waals surface area (Å²) in [7, 11) is 0. The van der Waals surface area contributed by atoms with E-state index in [0.29, 0.717) is 11.2 Å². The summed E-state index contributed by atoms with van der Waals surface area (Å²) in [6.45, 7) is 1.90. The number of amides is 1. The van der Waals surface area contributed by atoms with E-state index in [2.05, 4.69) is 20.8 Å². The van der Waals surface area contributed by atoms with Crippen LogP contribution in [0, 0.1) is 0 Å². The number of hydrogen-bond acceptors (Lipinski definition) is 5. The van der Waals surface area contributed by atoms with Gasteiger partial charge in [0, 0.05) is 6.04 Å². The quantitative estimate of drug-likeness (QED) is 0.853. The molecule has 23 heavy (non-hydrogen) atoms. The average molecular weight is 331 g/mol. The van der Waals surface area contributed by atoms with Crippen molar-refractivity contribution < 1.29 is 4.79 Å². The van der Waals surface area contributed by atoms with Crippen molar-refractivity contribution >= 4 is 17.7 Å². The first-order valence-electron chi connectivity index (χ1n) is 8.05. The fourth-order valence-electron chi connectivity index (χ4n) is 2.76. The molecule has 1 N–H and O–H groups in total. The first kappa shape index (κ1) is 16.0. The third-order valence-electron chi connectivity index (χ3n) is 4.04. The van der Waals surface area contributed by atoms with Gasteiger partial charge in [-0.05, 0) is 42.3 Å². The van der Waals surface area contributed by atoms with Gasteiger partial charge in [0.1, 0.15) is 0 Å². The van der Waals surface area contributed by atoms with Gasteiger partial charge in [-0.2, -0.15) is 4.68 Å². The van der Waals surface area contributed by atoms with Gasteiger partial charge in [-0.1, -0.05) is 49.2 Å². The molecule has 6 nitrogen and oxygen atoms in total. The van der Waals surface area contributed by atoms with Crippen molar-refractivity contribution in [2.24, 2.45) is 0 Å². The van der Waals surface area contributed by atoms with Crippen LogP contribution in [0.2, 0.25) is 0 Å². The summed E-state index contributed by atoms with van der Waals surface area (Å²) in [5, 5.41) is 15.3. The molecule has 3 rings (SSSR count). The SMILES string of the molecule is C[C@H](Sc1nnnn1-c1ccccc1)C(=O)NC1CCCCC1. The van der Waals surface area contributed by atoms with Crippen molar-refractivity contribution in [3.63, 3.8) is 0 Å². The molecule has 0 bridgehead atoms. The van der Waals surface area contributed by atoms with Crippen LogP contribution in [-0.4, -0.2) is 37.4 Å². The maximum absolute atomic E-state index is 12.4. The molecule has 1 atom stereocenters. The average Bonchev–Trinajstić information content (AvgIpc) is 3.04. The summed E-state index contributed by atoms with van der Waals surface area (Å²) < 4.78 is 1.66. The smallest absolute Gasteiger partial charge is 0.233 e. The summed E-state index contributed by atoms with van der Waals surface area (Å²) in [6, 6.07) is 10.0. The van der Waals surface area contributed by atoms with E-state index < -0.39 is 0 Å². The number of carbonyl (C=O) groups excluding carboxylic acids is 1. The highest BCUT2D eigenvalue weighted by Crippen LogP contribution is 2.24. The Bertz CT molecular complexity index is 639. The monoisotopic (exact) mass is 331 g/mol. The van der Waals surface area contributed by atoms with Crippen LogP contribution in [0.15, 0.2) is 35.5 Å². The number of benzene rings is 1. The molecular weight excluding hydrogens is 310 g/mol. The minimum Gasteiger partial charge on any atom is -0.352 e. The van der Waals surface area contributed by atoms with Crippen molar-refractivity contribution in [2.45, 2.75) is 55.5 Å². The number of para-hydroxylation sites is 1. The Labute approximate surface area is 140 Å². The number of tetrazole rings is 1. The predicted molar refractivity (Wildman–Crippen MR) is 89.5 cm³/mol. The molecule has 1 heterocycles. The van der Waals surface area contributed by atoms with Crippen LogP contribution in [0.5, 0.6) is 0 Å². The lowest BCUT2D eigenvalue weighted by Crippen LogP contribution is -2.40. The van der Waals surface area contributed by atoms with Gasteiger partial charge in [0.15, 0.2) is 0 Å². The van der Waals surface area contributed by atoms with E-state index >= 15 is 0 Å². The largest absolute Gasteiger partial charge is 0.352 e. The van der Waals surface area contributed by atoms with Crippen LogP contribution >= 0.6 is 11.8 Å². The van der Waals surface area contributed by atoms with Crippen molar-refractivity contribution in [1.82, 2.24) is 25.5 Å². The first-order valence-corrected chi connectivity index (χ1v) is 8.93. The molecular formula is C16H21N5OS. The second-order valence-corrected chi connectivity index (χ2v) is 7.12. The predicted octanol–water partition coefficient (Wildman–Crippen LogP) is 2.59. The highest BCUT2D eigenvalue weighted by molar-refractivity contribution is 8.00. The van der Waals surface area contributed by atoms with E-state index in [1.807, 2.05) is 37.3 Å². The Balaban J connectivity index is 1.63. The molecule has 0 unspecified atom stereocenters. The van der Waals surface area contributed by atoms with E-state index in [4.69, 9.17) is 0 Å². The van der Waals surface area contributed by atoms with E-state index in [9.17, 15) is 4.79 Å². The molecule has 1 aliphatic rings. The lowest BCUT2D eigenvalue weighted by Gasteiger charge is -2.24. The van der Waals surface area contributed by atoms with Crippen LogP contribution in [0.1, 0.15) is 39.0 Å². The highest BCUT2D eigenvalue weighted by Gasteiger charge is 2.22. The summed E-state index contributed by atoms with van der Waals surface area (Å²) >= 11 is 1.38. The van der Waals surface area contributed by atoms with Crippen molar-refractivity contribution in [2.75, 3.05) is 0 Å². The molecule has 122 valence electrons. The van der Waals surface area contributed by atoms with E-state index in [0.717, 1.165) is 18.5 Å². The fraction of sp³-hybridized carbons (Fsp3) is 0.500. The Morgan fingerprint density at radius 3 is 2.74 bits per heavy atom. The number of nitrogens with one attached hydrogen (secondary N) is 1. The van der Waals surface area contributed by atoms with Crippen LogP contribution < -0.4 is 5.32 Å². The van der Waals surface area contributed by atoms with E-state index in [-0.39, 0.29) is 11.2 Å². The highest BCUT2D eigenvalue weighted by atomic mass is 32.2. The van der Waals surface area contributed by atoms with E-state index in [1.54, 1.807) is 4.68 Å². The molecule has 1 saturated carbocycles. The molecule has 2 aromatic rings. The third kappa shape index (κ3) is 4.10. The molecule has 1 fully saturated rings. The molecule has 0 aliphatic heterocycles. The van der Waals surface area contributed by atoms with Crippen molar-refractivity contribution in [1.29, 1.82) is 0 Å². The minimum absolute atomic E-state index is 0.0597. The van der Waals surface area contributed by atoms with Crippen molar-refractivity contribution in [3.8, 4) is 5.69 Å². The van der Waals surface area contributed by atoms with Gasteiger partial charge in [0.2, 0.25) is 11.1 Å². The van der Waals surface area contributed by atoms with Gasteiger partial charge in [-0.25, -0.2) is 0 Å². The molecule has 1 aromatic carbocycles. The maximum Gasteiger partial charge on any atom is 0.233 e. The fourth-order valence-corrected chi connectivity index (χ4v) is 3.58. The number of carbonyl (C=O) groups is 1. The summed E-state index contributed by atoms with van der Waals surface area (Å²) in [5.41, 5.74) is 0.889. The molecule has 1 aliphatic carbocycles. The van der Waals surface area contributed by atoms with Gasteiger partial charge in [0.25, 0.3) is 0 Å². The summed E-state index contributed by atoms with van der Waals surface area (Å²) in [5.74, 6) is 0.0597. The van der Waals surface area contributed by atoms with Crippen LogP contribution in [-0.2, 0) is 4.79 Å². The number of thioether (sulfide) groups is 1. The Morgan fingerprint density at radius 1 is 1.26 bits per heavy atom. The zero-order valence-corrected chi connectivity index (χ0v) is 14.0. The zero-order chi connectivity index (χ0) is 16.1. The molecule has 0 saturated heterocycles. The second kappa shape index (κ2) is 7.59. The van der Waals surface area contributed by atoms with Gasteiger partial charge in [-0.15, -0.1) is 5.10 Å². The first-order chi connectivity index (χ1) is 11.2. The Morgan fingerprint density at radius 2 is 2.00 bits per heavy atom. The zero-order valence-electron chi connectivity index (χ0n) is 13.2. The molecule has 0 spiro atoms. The number of rotatable bonds is 5. The van der Waals surface area contributed by atoms with Crippen LogP contribution in [0.25, 0.3) is 5.69 Å². The van der Waals surface area contributed by atoms with Crippen LogP contribution in [0.3, 0.4) is 0 Å². The third-order valence-corrected chi connectivity index (χ3v) is 5.08. The molecule has 0 radical (unpaired) electrons. The summed E-state index contributed by atoms with van der Waals surface area (Å²) in [6.07, 6.45) is 5.87. The molecule has 1 aromatic heterocycles. The van der Waals surface area contributed by atoms with Gasteiger partial charge in [-0.3, -0.25) is 4.79 Å². The lowest BCUT2D eigenvalue weighted by atomic mass is 9.95. The standard InChI is InChI=1S/C16H21N5OS/c1-12(15(22)17-13-8-4-2-5-9-13)23-16-18-19-20-21(16)14-10-6-3-7-11-14/h3,6-7,10-13H,2,4-5,8-9H2,1H3,(H,17,22)/t12-/m0/s1. The van der Waals surface area contributed by atoms with Gasteiger partial charge in [0.05, 0.1) is 10.9 Å². The minimum atomic E-state index is -0.231. The lowest BCUT2D eigenvalue weighted by molar-refractivity contribution is -0.121. The number of aromatic nitrogens is 4. The van der Waals surface area contributed by atoms with Crippen LogP contribution in [0.4, 0.5) is 0 Å². The van der Waals surface area contributed by atoms with Gasteiger partial charge < -0.3 is 5.32 Å². The van der Waals surface area contributed by atoms with Crippen molar-refractivity contribution in [3.05, 3.63) is 30.3 Å². The molecule has 1 amide bonds. The normalized spacial score (nSPS) is 16.9. The maximum atomic E-state index is 12.4. The van der Waals surface area contributed by atoms with Gasteiger partial charge >= 0.3 is 0 Å². The Kier molecular flexibility index (Phi) is 5.27. The summed E-state index contributed by atoms with van der Waals surface area (Å²) in [4.78, 5) is 12.4. The Hall–Kier alpha value is -1.89. The number of hydrogen-bond donors (Lipinski definition) is 1. The molecule has 7 heteroatoms. The topological polar surface area (TPSA) is 72.7 Å².